The van der Waals surface area contributed by atoms with Crippen molar-refractivity contribution in [2.24, 2.45) is 5.73 Å². The van der Waals surface area contributed by atoms with Gasteiger partial charge in [-0.3, -0.25) is 9.59 Å². The normalized spacial score (nSPS) is 9.57. The van der Waals surface area contributed by atoms with Crippen LogP contribution < -0.4 is 21.1 Å². The summed E-state index contributed by atoms with van der Waals surface area (Å²) >= 11 is 0. The fourth-order valence-corrected chi connectivity index (χ4v) is 1.40. The summed E-state index contributed by atoms with van der Waals surface area (Å²) in [5.41, 5.74) is 5.57. The number of rotatable bonds is 9. The Morgan fingerprint density at radius 3 is 2.76 bits per heavy atom. The summed E-state index contributed by atoms with van der Waals surface area (Å²) < 4.78 is 10.0. The van der Waals surface area contributed by atoms with Crippen LogP contribution in [0.25, 0.3) is 0 Å². The van der Waals surface area contributed by atoms with Gasteiger partial charge in [-0.2, -0.15) is 0 Å². The molecule has 0 bridgehead atoms. The number of carbonyl (C=O) groups is 2. The van der Waals surface area contributed by atoms with Gasteiger partial charge >= 0.3 is 0 Å². The van der Waals surface area contributed by atoms with Gasteiger partial charge in [0.2, 0.25) is 5.91 Å². The molecule has 0 unspecified atom stereocenters. The first-order chi connectivity index (χ1) is 9.61. The summed E-state index contributed by atoms with van der Waals surface area (Å²) in [5.74, 6) is -0.260. The van der Waals surface area contributed by atoms with Crippen LogP contribution in [0, 0.1) is 0 Å². The summed E-state index contributed by atoms with van der Waals surface area (Å²) in [4.78, 5) is 22.2. The van der Waals surface area contributed by atoms with Crippen molar-refractivity contribution in [3.63, 3.8) is 0 Å². The lowest BCUT2D eigenvalue weighted by Gasteiger charge is -2.08. The van der Waals surface area contributed by atoms with Crippen molar-refractivity contribution in [2.75, 3.05) is 38.7 Å². The zero-order valence-electron chi connectivity index (χ0n) is 11.8. The zero-order chi connectivity index (χ0) is 14.8. The van der Waals surface area contributed by atoms with E-state index in [9.17, 15) is 9.59 Å². The lowest BCUT2D eigenvalue weighted by Crippen LogP contribution is -2.30. The Balaban J connectivity index is 0.00000400. The van der Waals surface area contributed by atoms with E-state index in [1.54, 1.807) is 31.4 Å². The van der Waals surface area contributed by atoms with Crippen LogP contribution in [0.1, 0.15) is 0 Å². The van der Waals surface area contributed by atoms with E-state index in [0.717, 1.165) is 0 Å². The highest BCUT2D eigenvalue weighted by Gasteiger charge is 2.03. The van der Waals surface area contributed by atoms with Crippen molar-refractivity contribution in [1.82, 2.24) is 5.32 Å². The highest BCUT2D eigenvalue weighted by atomic mass is 35.5. The first kappa shape index (κ1) is 19.2. The van der Waals surface area contributed by atoms with Crippen molar-refractivity contribution in [2.45, 2.75) is 0 Å². The van der Waals surface area contributed by atoms with E-state index >= 15 is 0 Å². The van der Waals surface area contributed by atoms with Crippen LogP contribution in [0.15, 0.2) is 24.3 Å². The summed E-state index contributed by atoms with van der Waals surface area (Å²) in [6.45, 7) is 1.14. The molecule has 0 saturated carbocycles. The van der Waals surface area contributed by atoms with Gasteiger partial charge in [-0.15, -0.1) is 12.4 Å². The average Bonchev–Trinajstić information content (AvgIpc) is 2.42. The van der Waals surface area contributed by atoms with Gasteiger partial charge in [0, 0.05) is 25.4 Å². The fraction of sp³-hybridized carbons (Fsp3) is 0.385. The molecule has 118 valence electrons. The topological polar surface area (TPSA) is 103 Å². The molecule has 1 rings (SSSR count). The largest absolute Gasteiger partial charge is 0.484 e. The molecule has 0 aliphatic heterocycles. The minimum atomic E-state index is -0.554. The molecule has 0 radical (unpaired) electrons. The first-order valence-electron chi connectivity index (χ1n) is 6.12. The van der Waals surface area contributed by atoms with Crippen LogP contribution in [-0.4, -0.2) is 45.2 Å². The Bertz CT molecular complexity index is 457. The monoisotopic (exact) mass is 317 g/mol. The summed E-state index contributed by atoms with van der Waals surface area (Å²) in [5, 5.41) is 5.64. The lowest BCUT2D eigenvalue weighted by molar-refractivity contribution is -0.120. The van der Waals surface area contributed by atoms with Crippen LogP contribution in [0.2, 0.25) is 0 Å². The van der Waals surface area contributed by atoms with Crippen LogP contribution in [0.4, 0.5) is 5.69 Å². The third-order valence-electron chi connectivity index (χ3n) is 2.27. The van der Waals surface area contributed by atoms with Crippen LogP contribution in [0.5, 0.6) is 5.75 Å². The molecule has 0 atom stereocenters. The van der Waals surface area contributed by atoms with Gasteiger partial charge in [0.05, 0.1) is 13.2 Å². The number of carbonyl (C=O) groups excluding carboxylic acids is 2. The van der Waals surface area contributed by atoms with Crippen molar-refractivity contribution >= 4 is 29.9 Å². The van der Waals surface area contributed by atoms with Gasteiger partial charge in [-0.05, 0) is 12.1 Å². The Hall–Kier alpha value is -1.83. The van der Waals surface area contributed by atoms with Crippen molar-refractivity contribution < 1.29 is 19.1 Å². The number of benzene rings is 1. The first-order valence-corrected chi connectivity index (χ1v) is 6.12. The number of halogens is 1. The van der Waals surface area contributed by atoms with Crippen molar-refractivity contribution in [3.05, 3.63) is 24.3 Å². The predicted octanol–water partition coefficient (Wildman–Crippen LogP) is 0.147. The summed E-state index contributed by atoms with van der Waals surface area (Å²) in [6, 6.07) is 6.74. The molecule has 0 aliphatic carbocycles. The summed E-state index contributed by atoms with van der Waals surface area (Å²) in [7, 11) is 1.60. The van der Waals surface area contributed by atoms with Gasteiger partial charge in [-0.25, -0.2) is 0 Å². The Kier molecular flexibility index (Phi) is 9.95. The van der Waals surface area contributed by atoms with E-state index < -0.39 is 5.91 Å². The minimum absolute atomic E-state index is 0. The van der Waals surface area contributed by atoms with Crippen LogP contribution in [-0.2, 0) is 14.3 Å². The molecule has 4 N–H and O–H groups in total. The molecule has 0 saturated heterocycles. The predicted molar refractivity (Wildman–Crippen MR) is 81.8 cm³/mol. The highest BCUT2D eigenvalue weighted by molar-refractivity contribution is 5.92. The second-order valence-corrected chi connectivity index (χ2v) is 4.00. The molecule has 0 spiro atoms. The maximum atomic E-state index is 11.6. The molecule has 1 aromatic rings. The number of nitrogens with two attached hydrogens (primary N) is 1. The van der Waals surface area contributed by atoms with E-state index in [0.29, 0.717) is 24.6 Å². The molecular weight excluding hydrogens is 298 g/mol. The molecule has 7 nitrogen and oxygen atoms in total. The molecule has 0 aromatic heterocycles. The van der Waals surface area contributed by atoms with Crippen molar-refractivity contribution in [1.29, 1.82) is 0 Å². The summed E-state index contributed by atoms with van der Waals surface area (Å²) in [6.07, 6.45) is 0. The van der Waals surface area contributed by atoms with E-state index in [4.69, 9.17) is 15.2 Å². The Labute approximate surface area is 129 Å². The molecule has 0 aliphatic rings. The average molecular weight is 318 g/mol. The molecule has 0 heterocycles. The standard InChI is InChI=1S/C13H19N3O4.ClH/c1-19-6-5-15-8-13(18)16-10-3-2-4-11(7-10)20-9-12(14)17;/h2-4,7,15H,5-6,8-9H2,1H3,(H2,14,17)(H,16,18);1H. The maximum absolute atomic E-state index is 11.6. The maximum Gasteiger partial charge on any atom is 0.255 e. The molecule has 1 aromatic carbocycles. The van der Waals surface area contributed by atoms with Crippen molar-refractivity contribution in [3.8, 4) is 5.75 Å². The number of amides is 2. The van der Waals surface area contributed by atoms with Gasteiger partial charge in [-0.1, -0.05) is 6.07 Å². The second kappa shape index (κ2) is 10.9. The lowest BCUT2D eigenvalue weighted by atomic mass is 10.3. The number of ether oxygens (including phenoxy) is 2. The SMILES string of the molecule is COCCNCC(=O)Nc1cccc(OCC(N)=O)c1.Cl. The van der Waals surface area contributed by atoms with Gasteiger partial charge in [0.15, 0.2) is 6.61 Å². The van der Waals surface area contributed by atoms with Crippen LogP contribution in [0.3, 0.4) is 0 Å². The van der Waals surface area contributed by atoms with Gasteiger partial charge in [0.25, 0.3) is 5.91 Å². The van der Waals surface area contributed by atoms with E-state index in [1.165, 1.54) is 0 Å². The van der Waals surface area contributed by atoms with E-state index in [1.807, 2.05) is 0 Å². The fourth-order valence-electron chi connectivity index (χ4n) is 1.40. The number of nitrogens with one attached hydrogen (secondary N) is 2. The smallest absolute Gasteiger partial charge is 0.255 e. The third-order valence-corrected chi connectivity index (χ3v) is 2.27. The van der Waals surface area contributed by atoms with E-state index in [2.05, 4.69) is 10.6 Å². The van der Waals surface area contributed by atoms with E-state index in [-0.39, 0.29) is 31.5 Å². The molecule has 21 heavy (non-hydrogen) atoms. The number of anilines is 1. The Morgan fingerprint density at radius 1 is 1.33 bits per heavy atom. The number of primary amides is 1. The molecule has 2 amide bonds. The van der Waals surface area contributed by atoms with Gasteiger partial charge in [0.1, 0.15) is 5.75 Å². The minimum Gasteiger partial charge on any atom is -0.484 e. The Morgan fingerprint density at radius 2 is 2.10 bits per heavy atom. The van der Waals surface area contributed by atoms with Gasteiger partial charge < -0.3 is 25.8 Å². The highest BCUT2D eigenvalue weighted by Crippen LogP contribution is 2.16. The second-order valence-electron chi connectivity index (χ2n) is 4.00. The number of hydrogen-bond acceptors (Lipinski definition) is 5. The quantitative estimate of drug-likeness (QED) is 0.562. The zero-order valence-corrected chi connectivity index (χ0v) is 12.6. The van der Waals surface area contributed by atoms with Crippen LogP contribution >= 0.6 is 12.4 Å². The number of hydrogen-bond donors (Lipinski definition) is 3. The molecular formula is C13H20ClN3O4. The number of methoxy groups -OCH3 is 1. The third kappa shape index (κ3) is 8.85. The molecule has 8 heteroatoms. The molecule has 0 fully saturated rings.